The van der Waals surface area contributed by atoms with Gasteiger partial charge in [-0.25, -0.2) is 4.39 Å². The van der Waals surface area contributed by atoms with Gasteiger partial charge in [-0.15, -0.1) is 0 Å². The second-order valence-corrected chi connectivity index (χ2v) is 7.21. The molecule has 0 aliphatic heterocycles. The predicted octanol–water partition coefficient (Wildman–Crippen LogP) is 5.64. The summed E-state index contributed by atoms with van der Waals surface area (Å²) in [6, 6.07) is 21.3. The number of nitrogens with zero attached hydrogens (tertiary/aromatic N) is 1. The van der Waals surface area contributed by atoms with Crippen LogP contribution in [0.5, 0.6) is 0 Å². The van der Waals surface area contributed by atoms with Gasteiger partial charge in [-0.05, 0) is 47.5 Å². The monoisotopic (exact) mass is 424 g/mol. The van der Waals surface area contributed by atoms with E-state index in [4.69, 9.17) is 0 Å². The summed E-state index contributed by atoms with van der Waals surface area (Å²) in [6.07, 6.45) is 1.86. The van der Waals surface area contributed by atoms with Crippen LogP contribution in [0.15, 0.2) is 77.4 Å². The zero-order chi connectivity index (χ0) is 18.8. The Kier molecular flexibility index (Phi) is 4.97. The Labute approximate surface area is 165 Å². The number of nitrogens with one attached hydrogen (secondary N) is 1. The van der Waals surface area contributed by atoms with E-state index >= 15 is 0 Å². The summed E-state index contributed by atoms with van der Waals surface area (Å²) in [4.78, 5) is 0. The number of anilines is 1. The van der Waals surface area contributed by atoms with Crippen LogP contribution in [0.3, 0.4) is 0 Å². The van der Waals surface area contributed by atoms with Crippen molar-refractivity contribution in [3.8, 4) is 5.69 Å². The molecule has 1 heterocycles. The Hall–Kier alpha value is -2.63. The van der Waals surface area contributed by atoms with E-state index in [0.717, 1.165) is 23.1 Å². The first-order chi connectivity index (χ1) is 13.2. The number of hydrogen-bond acceptors (Lipinski definition) is 2. The molecule has 3 aromatic carbocycles. The zero-order valence-corrected chi connectivity index (χ0v) is 16.1. The minimum Gasteiger partial charge on any atom is -0.392 e. The molecule has 5 heteroatoms. The fourth-order valence-corrected chi connectivity index (χ4v) is 3.60. The molecule has 4 aromatic rings. The maximum atomic E-state index is 14.5. The van der Waals surface area contributed by atoms with Crippen molar-refractivity contribution >= 4 is 32.5 Å². The summed E-state index contributed by atoms with van der Waals surface area (Å²) in [7, 11) is 0. The highest BCUT2D eigenvalue weighted by atomic mass is 79.9. The fourth-order valence-electron chi connectivity index (χ4n) is 3.15. The van der Waals surface area contributed by atoms with E-state index < -0.39 is 0 Å². The van der Waals surface area contributed by atoms with Gasteiger partial charge < -0.3 is 15.0 Å². The van der Waals surface area contributed by atoms with Crippen LogP contribution >= 0.6 is 15.9 Å². The molecule has 0 amide bonds. The molecule has 0 atom stereocenters. The number of aliphatic hydroxyl groups is 1. The van der Waals surface area contributed by atoms with Gasteiger partial charge in [-0.1, -0.05) is 46.3 Å². The first-order valence-electron chi connectivity index (χ1n) is 8.64. The van der Waals surface area contributed by atoms with Crippen LogP contribution in [-0.4, -0.2) is 9.67 Å². The number of halogens is 2. The molecule has 136 valence electrons. The van der Waals surface area contributed by atoms with Crippen molar-refractivity contribution in [2.45, 2.75) is 13.2 Å². The van der Waals surface area contributed by atoms with Gasteiger partial charge in [-0.2, -0.15) is 0 Å². The lowest BCUT2D eigenvalue weighted by Crippen LogP contribution is -2.00. The molecular weight excluding hydrogens is 407 g/mol. The smallest absolute Gasteiger partial charge is 0.147 e. The first kappa shape index (κ1) is 17.8. The molecule has 0 aliphatic rings. The molecule has 0 unspecified atom stereocenters. The molecule has 2 N–H and O–H groups in total. The van der Waals surface area contributed by atoms with Gasteiger partial charge in [0.25, 0.3) is 0 Å². The van der Waals surface area contributed by atoms with Crippen LogP contribution < -0.4 is 5.32 Å². The third kappa shape index (κ3) is 3.61. The highest BCUT2D eigenvalue weighted by Crippen LogP contribution is 2.29. The van der Waals surface area contributed by atoms with Crippen molar-refractivity contribution in [1.82, 2.24) is 4.57 Å². The highest BCUT2D eigenvalue weighted by Gasteiger charge is 2.12. The molecule has 3 nitrogen and oxygen atoms in total. The topological polar surface area (TPSA) is 37.2 Å². The third-order valence-corrected chi connectivity index (χ3v) is 5.31. The molecule has 1 aromatic heterocycles. The molecule has 0 fully saturated rings. The summed E-state index contributed by atoms with van der Waals surface area (Å²) >= 11 is 3.40. The van der Waals surface area contributed by atoms with Crippen LogP contribution in [0.4, 0.5) is 10.1 Å². The number of benzene rings is 3. The number of fused-ring (bicyclic) bond motifs is 1. The molecular formula is C22H18BrFN2O. The van der Waals surface area contributed by atoms with Gasteiger partial charge in [0.2, 0.25) is 0 Å². The average Bonchev–Trinajstić information content (AvgIpc) is 3.11. The molecule has 27 heavy (non-hydrogen) atoms. The van der Waals surface area contributed by atoms with Crippen LogP contribution in [0.1, 0.15) is 11.1 Å². The van der Waals surface area contributed by atoms with Crippen molar-refractivity contribution in [1.29, 1.82) is 0 Å². The first-order valence-corrected chi connectivity index (χ1v) is 9.43. The van der Waals surface area contributed by atoms with Gasteiger partial charge in [0.05, 0.1) is 17.8 Å². The molecule has 0 saturated carbocycles. The second kappa shape index (κ2) is 7.55. The summed E-state index contributed by atoms with van der Waals surface area (Å²) in [5.74, 6) is -0.369. The number of aromatic nitrogens is 1. The molecule has 0 aliphatic carbocycles. The Morgan fingerprint density at radius 1 is 1.00 bits per heavy atom. The standard InChI is InChI=1S/C22H18BrFN2O/c23-19-12-22(20(24)11-17(19)14-27)26-9-8-16-10-18(6-7-21(16)26)25-13-15-4-2-1-3-5-15/h1-12,25,27H,13-14H2. The Morgan fingerprint density at radius 3 is 2.59 bits per heavy atom. The molecule has 0 spiro atoms. The largest absolute Gasteiger partial charge is 0.392 e. The Morgan fingerprint density at radius 2 is 1.81 bits per heavy atom. The van der Waals surface area contributed by atoms with Gasteiger partial charge in [-0.3, -0.25) is 0 Å². The van der Waals surface area contributed by atoms with E-state index in [2.05, 4.69) is 39.4 Å². The van der Waals surface area contributed by atoms with Crippen LogP contribution in [0.25, 0.3) is 16.6 Å². The van der Waals surface area contributed by atoms with E-state index in [-0.39, 0.29) is 12.4 Å². The summed E-state index contributed by atoms with van der Waals surface area (Å²) in [5, 5.41) is 13.7. The maximum Gasteiger partial charge on any atom is 0.147 e. The van der Waals surface area contributed by atoms with Gasteiger partial charge >= 0.3 is 0 Å². The van der Waals surface area contributed by atoms with Gasteiger partial charge in [0.15, 0.2) is 0 Å². The van der Waals surface area contributed by atoms with Gasteiger partial charge in [0, 0.05) is 28.3 Å². The number of aliphatic hydroxyl groups excluding tert-OH is 1. The average molecular weight is 425 g/mol. The minimum absolute atomic E-state index is 0.208. The lowest BCUT2D eigenvalue weighted by atomic mass is 10.2. The van der Waals surface area contributed by atoms with E-state index in [1.165, 1.54) is 11.6 Å². The quantitative estimate of drug-likeness (QED) is 0.435. The fraction of sp³-hybridized carbons (Fsp3) is 0.0909. The highest BCUT2D eigenvalue weighted by molar-refractivity contribution is 9.10. The molecule has 0 bridgehead atoms. The Bertz CT molecular complexity index is 1090. The molecule has 0 radical (unpaired) electrons. The minimum atomic E-state index is -0.369. The van der Waals surface area contributed by atoms with Crippen LogP contribution in [0.2, 0.25) is 0 Å². The van der Waals surface area contributed by atoms with Crippen molar-refractivity contribution in [3.05, 3.63) is 94.3 Å². The van der Waals surface area contributed by atoms with Crippen molar-refractivity contribution < 1.29 is 9.50 Å². The number of rotatable bonds is 5. The molecule has 4 rings (SSSR count). The lowest BCUT2D eigenvalue weighted by Gasteiger charge is -2.11. The van der Waals surface area contributed by atoms with Crippen LogP contribution in [0, 0.1) is 5.82 Å². The third-order valence-electron chi connectivity index (χ3n) is 4.58. The number of hydrogen-bond donors (Lipinski definition) is 2. The maximum absolute atomic E-state index is 14.5. The summed E-state index contributed by atoms with van der Waals surface area (Å²) < 4.78 is 17.0. The lowest BCUT2D eigenvalue weighted by molar-refractivity contribution is 0.280. The van der Waals surface area contributed by atoms with E-state index in [9.17, 15) is 9.50 Å². The van der Waals surface area contributed by atoms with Crippen molar-refractivity contribution in [3.63, 3.8) is 0 Å². The van der Waals surface area contributed by atoms with Crippen LogP contribution in [-0.2, 0) is 13.2 Å². The SMILES string of the molecule is OCc1cc(F)c(-n2ccc3cc(NCc4ccccc4)ccc32)cc1Br. The summed E-state index contributed by atoms with van der Waals surface area (Å²) in [6.45, 7) is 0.540. The zero-order valence-electron chi connectivity index (χ0n) is 14.5. The van der Waals surface area contributed by atoms with E-state index in [1.54, 1.807) is 6.07 Å². The van der Waals surface area contributed by atoms with E-state index in [1.807, 2.05) is 47.2 Å². The normalized spacial score (nSPS) is 11.1. The van der Waals surface area contributed by atoms with Crippen molar-refractivity contribution in [2.75, 3.05) is 5.32 Å². The Balaban J connectivity index is 1.64. The van der Waals surface area contributed by atoms with E-state index in [0.29, 0.717) is 15.7 Å². The molecule has 0 saturated heterocycles. The van der Waals surface area contributed by atoms with Gasteiger partial charge in [0.1, 0.15) is 5.82 Å². The van der Waals surface area contributed by atoms with Crippen molar-refractivity contribution in [2.24, 2.45) is 0 Å². The summed E-state index contributed by atoms with van der Waals surface area (Å²) in [5.41, 5.74) is 4.12. The predicted molar refractivity (Wildman–Crippen MR) is 111 cm³/mol. The second-order valence-electron chi connectivity index (χ2n) is 6.35.